The van der Waals surface area contributed by atoms with Gasteiger partial charge in [-0.2, -0.15) is 8.42 Å². The van der Waals surface area contributed by atoms with E-state index in [0.717, 1.165) is 5.56 Å². The van der Waals surface area contributed by atoms with E-state index in [1.807, 2.05) is 0 Å². The van der Waals surface area contributed by atoms with E-state index < -0.39 is 10.1 Å². The first-order chi connectivity index (χ1) is 6.48. The van der Waals surface area contributed by atoms with Crippen LogP contribution in [0.1, 0.15) is 22.3 Å². The molecule has 0 spiro atoms. The van der Waals surface area contributed by atoms with Crippen molar-refractivity contribution in [2.45, 2.75) is 17.7 Å². The Balaban J connectivity index is 2.61. The van der Waals surface area contributed by atoms with Crippen LogP contribution in [0.5, 0.6) is 0 Å². The Morgan fingerprint density at radius 3 is 2.57 bits per heavy atom. The fourth-order valence-electron chi connectivity index (χ4n) is 1.58. The first kappa shape index (κ1) is 9.36. The van der Waals surface area contributed by atoms with E-state index in [2.05, 4.69) is 0 Å². The summed E-state index contributed by atoms with van der Waals surface area (Å²) in [6.07, 6.45) is 1.07. The second kappa shape index (κ2) is 2.90. The lowest BCUT2D eigenvalue weighted by Gasteiger charge is -2.00. The Hall–Kier alpha value is -1.20. The first-order valence-corrected chi connectivity index (χ1v) is 5.56. The molecule has 14 heavy (non-hydrogen) atoms. The van der Waals surface area contributed by atoms with Crippen molar-refractivity contribution in [3.05, 3.63) is 29.3 Å². The minimum atomic E-state index is -4.20. The summed E-state index contributed by atoms with van der Waals surface area (Å²) in [5.41, 5.74) is 1.27. The highest BCUT2D eigenvalue weighted by molar-refractivity contribution is 7.85. The van der Waals surface area contributed by atoms with Gasteiger partial charge in [-0.1, -0.05) is 6.07 Å². The zero-order chi connectivity index (χ0) is 10.3. The number of aryl methyl sites for hydroxylation is 1. The molecule has 1 aromatic rings. The largest absolute Gasteiger partial charge is 0.294 e. The van der Waals surface area contributed by atoms with Gasteiger partial charge < -0.3 is 0 Å². The van der Waals surface area contributed by atoms with Gasteiger partial charge in [-0.15, -0.1) is 0 Å². The number of rotatable bonds is 1. The van der Waals surface area contributed by atoms with Gasteiger partial charge in [-0.3, -0.25) is 9.35 Å². The Morgan fingerprint density at radius 2 is 1.93 bits per heavy atom. The van der Waals surface area contributed by atoms with E-state index >= 15 is 0 Å². The highest BCUT2D eigenvalue weighted by Gasteiger charge is 2.21. The van der Waals surface area contributed by atoms with Crippen LogP contribution in [0.4, 0.5) is 0 Å². The number of carbonyl (C=O) groups excluding carboxylic acids is 1. The molecule has 1 aliphatic rings. The smallest absolute Gasteiger partial charge is 0.294 e. The van der Waals surface area contributed by atoms with Gasteiger partial charge in [0.05, 0.1) is 4.90 Å². The van der Waals surface area contributed by atoms with Crippen LogP contribution in [-0.4, -0.2) is 18.8 Å². The summed E-state index contributed by atoms with van der Waals surface area (Å²) in [5.74, 6) is -0.0644. The molecule has 0 saturated carbocycles. The quantitative estimate of drug-likeness (QED) is 0.706. The van der Waals surface area contributed by atoms with Crippen molar-refractivity contribution in [3.63, 3.8) is 0 Å². The van der Waals surface area contributed by atoms with Gasteiger partial charge in [-0.25, -0.2) is 0 Å². The Morgan fingerprint density at radius 1 is 1.21 bits per heavy atom. The molecule has 74 valence electrons. The van der Waals surface area contributed by atoms with Gasteiger partial charge in [-0.05, 0) is 24.1 Å². The van der Waals surface area contributed by atoms with E-state index in [4.69, 9.17) is 4.55 Å². The van der Waals surface area contributed by atoms with E-state index in [-0.39, 0.29) is 10.7 Å². The molecular weight excluding hydrogens is 204 g/mol. The van der Waals surface area contributed by atoms with Crippen molar-refractivity contribution in [3.8, 4) is 0 Å². The van der Waals surface area contributed by atoms with Crippen LogP contribution in [0.3, 0.4) is 0 Å². The molecule has 0 amide bonds. The van der Waals surface area contributed by atoms with Crippen molar-refractivity contribution >= 4 is 15.9 Å². The zero-order valence-electron chi connectivity index (χ0n) is 7.23. The van der Waals surface area contributed by atoms with Gasteiger partial charge >= 0.3 is 0 Å². The SMILES string of the molecule is O=C1CCc2ccc(S(=O)(=O)O)cc21. The molecular formula is C9H8O4S. The topological polar surface area (TPSA) is 71.4 Å². The summed E-state index contributed by atoms with van der Waals surface area (Å²) in [7, 11) is -4.20. The lowest BCUT2D eigenvalue weighted by Crippen LogP contribution is -2.00. The minimum absolute atomic E-state index is 0.0644. The van der Waals surface area contributed by atoms with E-state index in [9.17, 15) is 13.2 Å². The molecule has 0 radical (unpaired) electrons. The van der Waals surface area contributed by atoms with Crippen LogP contribution in [0.15, 0.2) is 23.1 Å². The molecule has 1 aromatic carbocycles. The fraction of sp³-hybridized carbons (Fsp3) is 0.222. The van der Waals surface area contributed by atoms with Crippen LogP contribution >= 0.6 is 0 Å². The number of hydrogen-bond donors (Lipinski definition) is 1. The number of carbonyl (C=O) groups is 1. The van der Waals surface area contributed by atoms with Crippen LogP contribution in [0.25, 0.3) is 0 Å². The number of fused-ring (bicyclic) bond motifs is 1. The third-order valence-electron chi connectivity index (χ3n) is 2.30. The summed E-state index contributed by atoms with van der Waals surface area (Å²) in [5, 5.41) is 0. The monoisotopic (exact) mass is 212 g/mol. The molecule has 1 N–H and O–H groups in total. The maximum Gasteiger partial charge on any atom is 0.294 e. The molecule has 0 saturated heterocycles. The highest BCUT2D eigenvalue weighted by Crippen LogP contribution is 2.24. The maximum atomic E-state index is 11.3. The molecule has 2 rings (SSSR count). The van der Waals surface area contributed by atoms with Crippen LogP contribution in [0, 0.1) is 0 Å². The Labute approximate surface area is 81.3 Å². The summed E-state index contributed by atoms with van der Waals surface area (Å²) in [6, 6.07) is 4.12. The van der Waals surface area contributed by atoms with Crippen LogP contribution in [-0.2, 0) is 16.5 Å². The molecule has 4 nitrogen and oxygen atoms in total. The van der Waals surface area contributed by atoms with Gasteiger partial charge in [0.2, 0.25) is 0 Å². The van der Waals surface area contributed by atoms with Crippen LogP contribution < -0.4 is 0 Å². The van der Waals surface area contributed by atoms with Crippen molar-refractivity contribution in [2.24, 2.45) is 0 Å². The van der Waals surface area contributed by atoms with Gasteiger partial charge in [0.25, 0.3) is 10.1 Å². The average Bonchev–Trinajstić information content (AvgIpc) is 2.46. The fourth-order valence-corrected chi connectivity index (χ4v) is 2.08. The number of benzene rings is 1. The summed E-state index contributed by atoms with van der Waals surface area (Å²) >= 11 is 0. The minimum Gasteiger partial charge on any atom is -0.294 e. The molecule has 0 aromatic heterocycles. The van der Waals surface area contributed by atoms with E-state index in [0.29, 0.717) is 18.4 Å². The molecule has 0 aliphatic heterocycles. The standard InChI is InChI=1S/C9H8O4S/c10-9-4-2-6-1-3-7(5-8(6)9)14(11,12)13/h1,3,5H,2,4H2,(H,11,12,13). The molecule has 0 heterocycles. The summed E-state index contributed by atoms with van der Waals surface area (Å²) in [4.78, 5) is 11.1. The predicted molar refractivity (Wildman–Crippen MR) is 48.9 cm³/mol. The first-order valence-electron chi connectivity index (χ1n) is 4.12. The molecule has 5 heteroatoms. The van der Waals surface area contributed by atoms with E-state index in [1.165, 1.54) is 12.1 Å². The second-order valence-electron chi connectivity index (χ2n) is 3.22. The number of ketones is 1. The zero-order valence-corrected chi connectivity index (χ0v) is 8.04. The predicted octanol–water partition coefficient (Wildman–Crippen LogP) is 1.06. The van der Waals surface area contributed by atoms with E-state index in [1.54, 1.807) is 6.07 Å². The molecule has 0 unspecified atom stereocenters. The molecule has 1 aliphatic carbocycles. The number of hydrogen-bond acceptors (Lipinski definition) is 3. The Kier molecular flexibility index (Phi) is 1.94. The van der Waals surface area contributed by atoms with Gasteiger partial charge in [0.1, 0.15) is 0 Å². The average molecular weight is 212 g/mol. The molecule has 0 fully saturated rings. The van der Waals surface area contributed by atoms with Crippen molar-refractivity contribution < 1.29 is 17.8 Å². The summed E-state index contributed by atoms with van der Waals surface area (Å²) < 4.78 is 30.3. The maximum absolute atomic E-state index is 11.3. The molecule has 0 bridgehead atoms. The van der Waals surface area contributed by atoms with Gasteiger partial charge in [0, 0.05) is 12.0 Å². The van der Waals surface area contributed by atoms with Crippen molar-refractivity contribution in [1.82, 2.24) is 0 Å². The lowest BCUT2D eigenvalue weighted by molar-refractivity contribution is 0.0994. The lowest BCUT2D eigenvalue weighted by atomic mass is 10.1. The number of Topliss-reactive ketones (excluding diaryl/α,β-unsaturated/α-hetero) is 1. The second-order valence-corrected chi connectivity index (χ2v) is 4.64. The third kappa shape index (κ3) is 1.44. The summed E-state index contributed by atoms with van der Waals surface area (Å²) in [6.45, 7) is 0. The van der Waals surface area contributed by atoms with Crippen molar-refractivity contribution in [1.29, 1.82) is 0 Å². The highest BCUT2D eigenvalue weighted by atomic mass is 32.2. The van der Waals surface area contributed by atoms with Gasteiger partial charge in [0.15, 0.2) is 5.78 Å². The third-order valence-corrected chi connectivity index (χ3v) is 3.15. The normalized spacial score (nSPS) is 15.6. The van der Waals surface area contributed by atoms with Crippen molar-refractivity contribution in [2.75, 3.05) is 0 Å². The Bertz CT molecular complexity index is 502. The van der Waals surface area contributed by atoms with Crippen LogP contribution in [0.2, 0.25) is 0 Å². The molecule has 0 atom stereocenters.